The SMILES string of the molecule is CCOc1cc2c(cc1CC=C(F)C=O)C(C(C)C)=CC(C)(C)O2. The van der Waals surface area contributed by atoms with Gasteiger partial charge in [-0.1, -0.05) is 13.8 Å². The molecule has 1 heterocycles. The van der Waals surface area contributed by atoms with E-state index in [0.717, 1.165) is 16.9 Å². The summed E-state index contributed by atoms with van der Waals surface area (Å²) in [4.78, 5) is 10.5. The molecule has 0 unspecified atom stereocenters. The Bertz CT molecular complexity index is 684. The molecule has 3 nitrogen and oxygen atoms in total. The maximum absolute atomic E-state index is 13.2. The number of hydrogen-bond acceptors (Lipinski definition) is 3. The lowest BCUT2D eigenvalue weighted by Gasteiger charge is -2.33. The highest BCUT2D eigenvalue weighted by Crippen LogP contribution is 2.42. The molecule has 130 valence electrons. The molecule has 0 radical (unpaired) electrons. The van der Waals surface area contributed by atoms with Crippen LogP contribution in [0.1, 0.15) is 45.7 Å². The van der Waals surface area contributed by atoms with Crippen molar-refractivity contribution < 1.29 is 18.7 Å². The first-order chi connectivity index (χ1) is 11.3. The molecule has 0 saturated heterocycles. The Balaban J connectivity index is 2.54. The van der Waals surface area contributed by atoms with Gasteiger partial charge in [-0.3, -0.25) is 4.79 Å². The third-order valence-electron chi connectivity index (χ3n) is 3.90. The van der Waals surface area contributed by atoms with Crippen LogP contribution in [0, 0.1) is 5.92 Å². The molecule has 0 spiro atoms. The zero-order chi connectivity index (χ0) is 17.9. The Morgan fingerprint density at radius 2 is 2.08 bits per heavy atom. The monoisotopic (exact) mass is 332 g/mol. The fraction of sp³-hybridized carbons (Fsp3) is 0.450. The standard InChI is InChI=1S/C20H25FO3/c1-6-23-18-10-19-16(9-14(18)7-8-15(21)12-22)17(13(2)3)11-20(4,5)24-19/h8-13H,6-7H2,1-5H3. The number of allylic oxidation sites excluding steroid dienone is 3. The predicted octanol–water partition coefficient (Wildman–Crippen LogP) is 4.89. The van der Waals surface area contributed by atoms with Crippen LogP contribution in [0.4, 0.5) is 4.39 Å². The van der Waals surface area contributed by atoms with Crippen LogP contribution in [0.2, 0.25) is 0 Å². The first-order valence-corrected chi connectivity index (χ1v) is 8.30. The predicted molar refractivity (Wildman–Crippen MR) is 94.1 cm³/mol. The minimum atomic E-state index is -0.771. The highest BCUT2D eigenvalue weighted by Gasteiger charge is 2.29. The Labute approximate surface area is 143 Å². The molecule has 0 N–H and O–H groups in total. The van der Waals surface area contributed by atoms with E-state index in [2.05, 4.69) is 19.9 Å². The number of fused-ring (bicyclic) bond motifs is 1. The zero-order valence-corrected chi connectivity index (χ0v) is 15.0. The summed E-state index contributed by atoms with van der Waals surface area (Å²) in [5.41, 5.74) is 2.65. The van der Waals surface area contributed by atoms with E-state index in [9.17, 15) is 9.18 Å². The van der Waals surface area contributed by atoms with Crippen molar-refractivity contribution in [3.63, 3.8) is 0 Å². The van der Waals surface area contributed by atoms with Crippen LogP contribution >= 0.6 is 0 Å². The molecule has 1 aromatic rings. The first-order valence-electron chi connectivity index (χ1n) is 8.30. The molecule has 4 heteroatoms. The number of rotatable bonds is 6. The first kappa shape index (κ1) is 18.2. The minimum Gasteiger partial charge on any atom is -0.493 e. The van der Waals surface area contributed by atoms with E-state index >= 15 is 0 Å². The molecule has 24 heavy (non-hydrogen) atoms. The third-order valence-corrected chi connectivity index (χ3v) is 3.90. The normalized spacial score (nSPS) is 16.3. The molecule has 0 atom stereocenters. The molecular weight excluding hydrogens is 307 g/mol. The summed E-state index contributed by atoms with van der Waals surface area (Å²) in [7, 11) is 0. The summed E-state index contributed by atoms with van der Waals surface area (Å²) in [5.74, 6) is 0.998. The number of benzene rings is 1. The van der Waals surface area contributed by atoms with Crippen molar-refractivity contribution in [3.8, 4) is 11.5 Å². The quantitative estimate of drug-likeness (QED) is 0.549. The lowest BCUT2D eigenvalue weighted by Crippen LogP contribution is -2.30. The summed E-state index contributed by atoms with van der Waals surface area (Å²) >= 11 is 0. The van der Waals surface area contributed by atoms with Crippen LogP contribution in [0.3, 0.4) is 0 Å². The molecule has 0 saturated carbocycles. The van der Waals surface area contributed by atoms with Crippen LogP contribution in [-0.4, -0.2) is 18.5 Å². The lowest BCUT2D eigenvalue weighted by atomic mass is 9.86. The van der Waals surface area contributed by atoms with Gasteiger partial charge in [-0.05, 0) is 62.5 Å². The van der Waals surface area contributed by atoms with Gasteiger partial charge in [0.2, 0.25) is 0 Å². The van der Waals surface area contributed by atoms with Gasteiger partial charge in [-0.15, -0.1) is 0 Å². The van der Waals surface area contributed by atoms with Gasteiger partial charge in [0, 0.05) is 11.6 Å². The van der Waals surface area contributed by atoms with Gasteiger partial charge in [-0.2, -0.15) is 0 Å². The summed E-state index contributed by atoms with van der Waals surface area (Å²) in [5, 5.41) is 0. The molecule has 0 aliphatic carbocycles. The van der Waals surface area contributed by atoms with Crippen molar-refractivity contribution in [2.75, 3.05) is 6.61 Å². The van der Waals surface area contributed by atoms with E-state index in [1.165, 1.54) is 11.6 Å². The Kier molecular flexibility index (Phi) is 5.47. The Morgan fingerprint density at radius 3 is 2.67 bits per heavy atom. The molecular formula is C20H25FO3. The molecule has 0 amide bonds. The highest BCUT2D eigenvalue weighted by molar-refractivity contribution is 5.76. The van der Waals surface area contributed by atoms with Crippen LogP contribution < -0.4 is 9.47 Å². The van der Waals surface area contributed by atoms with Crippen LogP contribution in [0.15, 0.2) is 30.1 Å². The smallest absolute Gasteiger partial charge is 0.178 e. The average molecular weight is 332 g/mol. The van der Waals surface area contributed by atoms with Crippen molar-refractivity contribution in [3.05, 3.63) is 41.2 Å². The maximum Gasteiger partial charge on any atom is 0.178 e. The van der Waals surface area contributed by atoms with Gasteiger partial charge in [0.05, 0.1) is 6.61 Å². The van der Waals surface area contributed by atoms with E-state index in [1.54, 1.807) is 0 Å². The molecule has 1 aromatic carbocycles. The number of hydrogen-bond donors (Lipinski definition) is 0. The number of carbonyl (C=O) groups is 1. The molecule has 1 aliphatic rings. The van der Waals surface area contributed by atoms with E-state index in [1.807, 2.05) is 32.9 Å². The Morgan fingerprint density at radius 1 is 1.38 bits per heavy atom. The van der Waals surface area contributed by atoms with Gasteiger partial charge in [-0.25, -0.2) is 4.39 Å². The number of carbonyl (C=O) groups excluding carboxylic acids is 1. The van der Waals surface area contributed by atoms with Crippen LogP contribution in [-0.2, 0) is 11.2 Å². The van der Waals surface area contributed by atoms with Gasteiger partial charge in [0.15, 0.2) is 12.1 Å². The Hall–Kier alpha value is -2.10. The van der Waals surface area contributed by atoms with E-state index < -0.39 is 5.83 Å². The molecule has 0 bridgehead atoms. The summed E-state index contributed by atoms with van der Waals surface area (Å²) in [6, 6.07) is 3.86. The van der Waals surface area contributed by atoms with E-state index in [0.29, 0.717) is 24.7 Å². The van der Waals surface area contributed by atoms with Crippen molar-refractivity contribution >= 4 is 11.9 Å². The van der Waals surface area contributed by atoms with Gasteiger partial charge >= 0.3 is 0 Å². The van der Waals surface area contributed by atoms with Crippen LogP contribution in [0.25, 0.3) is 5.57 Å². The zero-order valence-electron chi connectivity index (χ0n) is 15.0. The molecule has 1 aliphatic heterocycles. The second-order valence-electron chi connectivity index (χ2n) is 6.76. The fourth-order valence-electron chi connectivity index (χ4n) is 2.86. The molecule has 2 rings (SSSR count). The van der Waals surface area contributed by atoms with Crippen molar-refractivity contribution in [2.24, 2.45) is 5.92 Å². The molecule has 0 fully saturated rings. The average Bonchev–Trinajstić information content (AvgIpc) is 2.51. The van der Waals surface area contributed by atoms with Gasteiger partial charge in [0.1, 0.15) is 17.1 Å². The summed E-state index contributed by atoms with van der Waals surface area (Å²) in [6.07, 6.45) is 3.90. The second-order valence-corrected chi connectivity index (χ2v) is 6.76. The minimum absolute atomic E-state index is 0.212. The number of halogens is 1. The van der Waals surface area contributed by atoms with Crippen LogP contribution in [0.5, 0.6) is 11.5 Å². The summed E-state index contributed by atoms with van der Waals surface area (Å²) in [6.45, 7) is 10.7. The highest BCUT2D eigenvalue weighted by atomic mass is 19.1. The fourth-order valence-corrected chi connectivity index (χ4v) is 2.86. The van der Waals surface area contributed by atoms with Gasteiger partial charge in [0.25, 0.3) is 0 Å². The molecule has 0 aromatic heterocycles. The second kappa shape index (κ2) is 7.20. The van der Waals surface area contributed by atoms with E-state index in [4.69, 9.17) is 9.47 Å². The number of ether oxygens (including phenoxy) is 2. The van der Waals surface area contributed by atoms with Gasteiger partial charge < -0.3 is 9.47 Å². The largest absolute Gasteiger partial charge is 0.493 e. The van der Waals surface area contributed by atoms with Crippen molar-refractivity contribution in [1.82, 2.24) is 0 Å². The summed E-state index contributed by atoms with van der Waals surface area (Å²) < 4.78 is 25.0. The maximum atomic E-state index is 13.2. The topological polar surface area (TPSA) is 35.5 Å². The van der Waals surface area contributed by atoms with E-state index in [-0.39, 0.29) is 11.9 Å². The van der Waals surface area contributed by atoms with Crippen molar-refractivity contribution in [1.29, 1.82) is 0 Å². The third kappa shape index (κ3) is 4.05. The number of aldehydes is 1. The van der Waals surface area contributed by atoms with Crippen molar-refractivity contribution in [2.45, 2.75) is 46.6 Å². The lowest BCUT2D eigenvalue weighted by molar-refractivity contribution is -0.106.